The summed E-state index contributed by atoms with van der Waals surface area (Å²) in [6, 6.07) is -0.363. The molecular weight excluding hydrogens is 254 g/mol. The SMILES string of the molecule is CCN(CC(C)C(=O)O)C(=O)NCCOCC(N)=O. The van der Waals surface area contributed by atoms with Crippen LogP contribution >= 0.6 is 0 Å². The monoisotopic (exact) mass is 275 g/mol. The number of carboxylic acid groups (broad SMARTS) is 1. The van der Waals surface area contributed by atoms with E-state index in [0.717, 1.165) is 0 Å². The zero-order valence-corrected chi connectivity index (χ0v) is 11.2. The molecule has 0 spiro atoms. The van der Waals surface area contributed by atoms with E-state index in [1.54, 1.807) is 6.92 Å². The number of hydrogen-bond donors (Lipinski definition) is 3. The highest BCUT2D eigenvalue weighted by Crippen LogP contribution is 2.00. The first-order valence-electron chi connectivity index (χ1n) is 6.00. The lowest BCUT2D eigenvalue weighted by atomic mass is 10.2. The Morgan fingerprint density at radius 3 is 2.53 bits per heavy atom. The number of aliphatic carboxylic acids is 1. The molecule has 0 rings (SSSR count). The van der Waals surface area contributed by atoms with Crippen LogP contribution in [0.15, 0.2) is 0 Å². The summed E-state index contributed by atoms with van der Waals surface area (Å²) < 4.78 is 4.88. The van der Waals surface area contributed by atoms with Crippen molar-refractivity contribution in [1.29, 1.82) is 0 Å². The number of hydrogen-bond acceptors (Lipinski definition) is 4. The molecule has 4 N–H and O–H groups in total. The third-order valence-electron chi connectivity index (χ3n) is 2.35. The van der Waals surface area contributed by atoms with Gasteiger partial charge in [0.25, 0.3) is 0 Å². The van der Waals surface area contributed by atoms with Gasteiger partial charge < -0.3 is 25.8 Å². The summed E-state index contributed by atoms with van der Waals surface area (Å²) in [5.41, 5.74) is 4.87. The number of carbonyl (C=O) groups is 3. The van der Waals surface area contributed by atoms with Crippen molar-refractivity contribution in [3.05, 3.63) is 0 Å². The zero-order chi connectivity index (χ0) is 14.8. The molecule has 1 unspecified atom stereocenters. The summed E-state index contributed by atoms with van der Waals surface area (Å²) in [6.07, 6.45) is 0. The number of carbonyl (C=O) groups excluding carboxylic acids is 2. The number of nitrogens with zero attached hydrogens (tertiary/aromatic N) is 1. The van der Waals surface area contributed by atoms with E-state index in [9.17, 15) is 14.4 Å². The first kappa shape index (κ1) is 17.2. The average Bonchev–Trinajstić information content (AvgIpc) is 2.34. The number of ether oxygens (including phenoxy) is 1. The van der Waals surface area contributed by atoms with Gasteiger partial charge in [-0.05, 0) is 6.92 Å². The Morgan fingerprint density at radius 1 is 1.42 bits per heavy atom. The lowest BCUT2D eigenvalue weighted by molar-refractivity contribution is -0.141. The van der Waals surface area contributed by atoms with Crippen molar-refractivity contribution < 1.29 is 24.2 Å². The number of primary amides is 1. The standard InChI is InChI=1S/C11H21N3O5/c1-3-14(6-8(2)10(16)17)11(18)13-4-5-19-7-9(12)15/h8H,3-7H2,1-2H3,(H2,12,15)(H,13,18)(H,16,17). The van der Waals surface area contributed by atoms with Crippen LogP contribution in [-0.2, 0) is 14.3 Å². The molecule has 0 radical (unpaired) electrons. The normalized spacial score (nSPS) is 11.7. The van der Waals surface area contributed by atoms with Gasteiger partial charge in [0.2, 0.25) is 5.91 Å². The summed E-state index contributed by atoms with van der Waals surface area (Å²) in [4.78, 5) is 34.2. The quantitative estimate of drug-likeness (QED) is 0.477. The Hall–Kier alpha value is -1.83. The highest BCUT2D eigenvalue weighted by Gasteiger charge is 2.18. The average molecular weight is 275 g/mol. The van der Waals surface area contributed by atoms with Crippen LogP contribution in [0.25, 0.3) is 0 Å². The van der Waals surface area contributed by atoms with E-state index < -0.39 is 17.8 Å². The third-order valence-corrected chi connectivity index (χ3v) is 2.35. The maximum absolute atomic E-state index is 11.7. The molecule has 0 aromatic rings. The van der Waals surface area contributed by atoms with Gasteiger partial charge in [-0.1, -0.05) is 6.92 Å². The Kier molecular flexibility index (Phi) is 8.27. The number of nitrogens with two attached hydrogens (primary N) is 1. The summed E-state index contributed by atoms with van der Waals surface area (Å²) in [5, 5.41) is 11.4. The number of amides is 3. The van der Waals surface area contributed by atoms with E-state index in [4.69, 9.17) is 15.6 Å². The molecule has 0 aliphatic rings. The Balaban J connectivity index is 3.95. The van der Waals surface area contributed by atoms with Gasteiger partial charge in [0.05, 0.1) is 12.5 Å². The number of urea groups is 1. The second-order valence-corrected chi connectivity index (χ2v) is 4.03. The molecule has 3 amide bonds. The smallest absolute Gasteiger partial charge is 0.317 e. The summed E-state index contributed by atoms with van der Waals surface area (Å²) in [7, 11) is 0. The fraction of sp³-hybridized carbons (Fsp3) is 0.727. The maximum atomic E-state index is 11.7. The molecule has 8 nitrogen and oxygen atoms in total. The Bertz CT molecular complexity index is 321. The topological polar surface area (TPSA) is 122 Å². The highest BCUT2D eigenvalue weighted by molar-refractivity contribution is 5.76. The van der Waals surface area contributed by atoms with Crippen LogP contribution < -0.4 is 11.1 Å². The minimum absolute atomic E-state index is 0.139. The Morgan fingerprint density at radius 2 is 2.05 bits per heavy atom. The summed E-state index contributed by atoms with van der Waals surface area (Å²) >= 11 is 0. The van der Waals surface area contributed by atoms with E-state index >= 15 is 0 Å². The van der Waals surface area contributed by atoms with Gasteiger partial charge >= 0.3 is 12.0 Å². The fourth-order valence-electron chi connectivity index (χ4n) is 1.28. The van der Waals surface area contributed by atoms with Crippen molar-refractivity contribution in [3.63, 3.8) is 0 Å². The molecule has 1 atom stereocenters. The van der Waals surface area contributed by atoms with Crippen molar-refractivity contribution in [2.24, 2.45) is 11.7 Å². The van der Waals surface area contributed by atoms with Gasteiger partial charge in [0, 0.05) is 19.6 Å². The predicted molar refractivity (Wildman–Crippen MR) is 67.5 cm³/mol. The minimum atomic E-state index is -0.948. The number of nitrogens with one attached hydrogen (secondary N) is 1. The molecule has 0 aliphatic heterocycles. The number of rotatable bonds is 9. The fourth-order valence-corrected chi connectivity index (χ4v) is 1.28. The van der Waals surface area contributed by atoms with E-state index in [2.05, 4.69) is 5.32 Å². The molecule has 8 heteroatoms. The molecule has 0 aromatic carbocycles. The molecule has 0 fully saturated rings. The predicted octanol–water partition coefficient (Wildman–Crippen LogP) is -0.759. The van der Waals surface area contributed by atoms with Crippen LogP contribution in [-0.4, -0.2) is 60.8 Å². The molecule has 0 saturated heterocycles. The molecule has 0 bridgehead atoms. The van der Waals surface area contributed by atoms with Gasteiger partial charge in [-0.15, -0.1) is 0 Å². The van der Waals surface area contributed by atoms with Crippen molar-refractivity contribution in [2.75, 3.05) is 32.8 Å². The third kappa shape index (κ3) is 7.98. The van der Waals surface area contributed by atoms with Crippen LogP contribution in [0.1, 0.15) is 13.8 Å². The van der Waals surface area contributed by atoms with Gasteiger partial charge in [-0.2, -0.15) is 0 Å². The lowest BCUT2D eigenvalue weighted by Crippen LogP contribution is -2.44. The van der Waals surface area contributed by atoms with Gasteiger partial charge in [-0.25, -0.2) is 4.79 Å². The zero-order valence-electron chi connectivity index (χ0n) is 11.2. The number of carboxylic acids is 1. The van der Waals surface area contributed by atoms with Crippen LogP contribution in [0.2, 0.25) is 0 Å². The van der Waals surface area contributed by atoms with Crippen LogP contribution in [0.5, 0.6) is 0 Å². The molecule has 0 aromatic heterocycles. The van der Waals surface area contributed by atoms with Crippen molar-refractivity contribution in [3.8, 4) is 0 Å². The van der Waals surface area contributed by atoms with E-state index in [0.29, 0.717) is 6.54 Å². The highest BCUT2D eigenvalue weighted by atomic mass is 16.5. The largest absolute Gasteiger partial charge is 0.481 e. The van der Waals surface area contributed by atoms with E-state index in [1.807, 2.05) is 0 Å². The van der Waals surface area contributed by atoms with Gasteiger partial charge in [0.1, 0.15) is 6.61 Å². The van der Waals surface area contributed by atoms with Crippen molar-refractivity contribution in [2.45, 2.75) is 13.8 Å². The van der Waals surface area contributed by atoms with Crippen molar-refractivity contribution in [1.82, 2.24) is 10.2 Å². The second kappa shape index (κ2) is 9.15. The second-order valence-electron chi connectivity index (χ2n) is 4.03. The van der Waals surface area contributed by atoms with E-state index in [1.165, 1.54) is 11.8 Å². The summed E-state index contributed by atoms with van der Waals surface area (Å²) in [5.74, 6) is -2.15. The van der Waals surface area contributed by atoms with Crippen molar-refractivity contribution >= 4 is 17.9 Å². The summed E-state index contributed by atoms with van der Waals surface area (Å²) in [6.45, 7) is 4.05. The molecule has 110 valence electrons. The molecular formula is C11H21N3O5. The molecule has 0 aliphatic carbocycles. The first-order chi connectivity index (χ1) is 8.88. The molecule has 0 saturated carbocycles. The first-order valence-corrected chi connectivity index (χ1v) is 6.00. The maximum Gasteiger partial charge on any atom is 0.317 e. The van der Waals surface area contributed by atoms with Crippen LogP contribution in [0.4, 0.5) is 4.79 Å². The molecule has 0 heterocycles. The minimum Gasteiger partial charge on any atom is -0.481 e. The van der Waals surface area contributed by atoms with Gasteiger partial charge in [0.15, 0.2) is 0 Å². The molecule has 19 heavy (non-hydrogen) atoms. The van der Waals surface area contributed by atoms with Crippen LogP contribution in [0, 0.1) is 5.92 Å². The van der Waals surface area contributed by atoms with Gasteiger partial charge in [-0.3, -0.25) is 9.59 Å². The lowest BCUT2D eigenvalue weighted by Gasteiger charge is -2.23. The Labute approximate surface area is 111 Å². The van der Waals surface area contributed by atoms with E-state index in [-0.39, 0.29) is 32.3 Å². The van der Waals surface area contributed by atoms with Crippen LogP contribution in [0.3, 0.4) is 0 Å².